The number of fused-ring (bicyclic) bond motifs is 5. The van der Waals surface area contributed by atoms with Crippen molar-refractivity contribution in [2.45, 2.75) is 107 Å². The van der Waals surface area contributed by atoms with Gasteiger partial charge >= 0.3 is 11.9 Å². The van der Waals surface area contributed by atoms with Crippen LogP contribution in [0.3, 0.4) is 0 Å². The lowest BCUT2D eigenvalue weighted by molar-refractivity contribution is -0.159. The van der Waals surface area contributed by atoms with E-state index in [4.69, 9.17) is 29.2 Å². The minimum absolute atomic E-state index is 0.0184. The van der Waals surface area contributed by atoms with Crippen LogP contribution in [0.2, 0.25) is 0 Å². The molecule has 3 saturated heterocycles. The normalized spacial score (nSPS) is 33.1. The molecular formula is C39H47N5O10S. The van der Waals surface area contributed by atoms with Crippen molar-refractivity contribution in [1.82, 2.24) is 4.83 Å². The Balaban J connectivity index is 1.13. The van der Waals surface area contributed by atoms with Crippen molar-refractivity contribution < 1.29 is 46.8 Å². The SMILES string of the molecule is COC(/C(C)=C/C=C/C=N/NS(=O)(=O)c1cccc2c(N=[N+]=[N-])cccc12)C(C)C1CC(O)C2(C)OC2/C=C\C(C)C2CC(CC(=O)O2)CC2OC2C(=O)O1. The highest BCUT2D eigenvalue weighted by molar-refractivity contribution is 7.89. The van der Waals surface area contributed by atoms with Gasteiger partial charge in [-0.15, -0.1) is 0 Å². The highest BCUT2D eigenvalue weighted by Crippen LogP contribution is 2.44. The number of allylic oxidation sites excluding steroid dienone is 3. The number of hydrogen-bond donors (Lipinski definition) is 2. The number of nitrogens with zero attached hydrogens (tertiary/aromatic N) is 4. The van der Waals surface area contributed by atoms with Gasteiger partial charge < -0.3 is 28.8 Å². The van der Waals surface area contributed by atoms with Gasteiger partial charge in [0.15, 0.2) is 6.10 Å². The van der Waals surface area contributed by atoms with Gasteiger partial charge in [-0.1, -0.05) is 73.6 Å². The van der Waals surface area contributed by atoms with E-state index >= 15 is 0 Å². The number of carbonyl (C=O) groups excluding carboxylic acids is 2. The summed E-state index contributed by atoms with van der Waals surface area (Å²) in [6, 6.07) is 9.48. The Morgan fingerprint density at radius 2 is 1.84 bits per heavy atom. The van der Waals surface area contributed by atoms with Gasteiger partial charge in [-0.25, -0.2) is 9.63 Å². The van der Waals surface area contributed by atoms with Crippen molar-refractivity contribution in [2.24, 2.45) is 28.0 Å². The van der Waals surface area contributed by atoms with Crippen molar-refractivity contribution in [2.75, 3.05) is 7.11 Å². The van der Waals surface area contributed by atoms with E-state index in [0.717, 1.165) is 5.57 Å². The number of rotatable bonds is 10. The van der Waals surface area contributed by atoms with Crippen LogP contribution in [0.5, 0.6) is 0 Å². The fourth-order valence-corrected chi connectivity index (χ4v) is 8.66. The van der Waals surface area contributed by atoms with Crippen LogP contribution in [0, 0.1) is 17.8 Å². The van der Waals surface area contributed by atoms with Gasteiger partial charge in [0.2, 0.25) is 0 Å². The highest BCUT2D eigenvalue weighted by atomic mass is 32.2. The number of methoxy groups -OCH3 is 1. The molecule has 0 aliphatic carbocycles. The first-order chi connectivity index (χ1) is 26.2. The molecule has 0 amide bonds. The summed E-state index contributed by atoms with van der Waals surface area (Å²) in [7, 11) is -2.52. The van der Waals surface area contributed by atoms with Crippen LogP contribution in [0.4, 0.5) is 5.69 Å². The maximum Gasteiger partial charge on any atom is 0.338 e. The number of sulfonamides is 1. The van der Waals surface area contributed by atoms with E-state index in [1.807, 2.05) is 39.8 Å². The molecule has 2 aromatic carbocycles. The molecule has 4 aliphatic rings. The van der Waals surface area contributed by atoms with Gasteiger partial charge in [-0.3, -0.25) is 4.79 Å². The molecule has 0 aromatic heterocycles. The van der Waals surface area contributed by atoms with Crippen LogP contribution in [0.25, 0.3) is 21.2 Å². The minimum Gasteiger partial charge on any atom is -0.462 e. The maximum absolute atomic E-state index is 13.4. The molecule has 16 heteroatoms. The van der Waals surface area contributed by atoms with E-state index in [9.17, 15) is 23.1 Å². The summed E-state index contributed by atoms with van der Waals surface area (Å²) >= 11 is 0. The molecule has 4 aliphatic heterocycles. The molecule has 3 fully saturated rings. The molecule has 0 spiro atoms. The molecule has 11 unspecified atom stereocenters. The fraction of sp³-hybridized carbons (Fsp3) is 0.513. The monoisotopic (exact) mass is 777 g/mol. The number of azide groups is 1. The van der Waals surface area contributed by atoms with E-state index in [1.165, 1.54) is 12.3 Å². The molecule has 0 saturated carbocycles. The van der Waals surface area contributed by atoms with Gasteiger partial charge in [0.1, 0.15) is 23.9 Å². The molecule has 15 nitrogen and oxygen atoms in total. The summed E-state index contributed by atoms with van der Waals surface area (Å²) < 4.78 is 55.5. The molecule has 4 heterocycles. The quantitative estimate of drug-likeness (QED) is 0.0345. The van der Waals surface area contributed by atoms with E-state index < -0.39 is 51.9 Å². The molecule has 2 N–H and O–H groups in total. The van der Waals surface area contributed by atoms with E-state index in [0.29, 0.717) is 29.3 Å². The van der Waals surface area contributed by atoms with Gasteiger partial charge in [-0.2, -0.15) is 13.5 Å². The molecule has 294 valence electrons. The second kappa shape index (κ2) is 16.7. The Labute approximate surface area is 320 Å². The third-order valence-electron chi connectivity index (χ3n) is 11.0. The Morgan fingerprint density at radius 3 is 2.60 bits per heavy atom. The van der Waals surface area contributed by atoms with Crippen LogP contribution in [-0.2, 0) is 43.3 Å². The predicted octanol–water partition coefficient (Wildman–Crippen LogP) is 5.70. The van der Waals surface area contributed by atoms with Gasteiger partial charge in [-0.05, 0) is 61.2 Å². The fourth-order valence-electron chi connectivity index (χ4n) is 7.64. The number of hydrazone groups is 1. The highest BCUT2D eigenvalue weighted by Gasteiger charge is 2.57. The number of carbonyl (C=O) groups is 2. The lowest BCUT2D eigenvalue weighted by atomic mass is 9.84. The number of epoxide rings is 2. The zero-order chi connectivity index (χ0) is 39.5. The topological polar surface area (TPSA) is 214 Å². The first kappa shape index (κ1) is 40.1. The number of nitrogens with one attached hydrogen (secondary N) is 1. The smallest absolute Gasteiger partial charge is 0.338 e. The third-order valence-corrected chi connectivity index (χ3v) is 12.3. The summed E-state index contributed by atoms with van der Waals surface area (Å²) in [5, 5.41) is 19.8. The van der Waals surface area contributed by atoms with E-state index in [2.05, 4.69) is 20.0 Å². The van der Waals surface area contributed by atoms with Crippen LogP contribution in [0.15, 0.2) is 87.5 Å². The Morgan fingerprint density at radius 1 is 1.09 bits per heavy atom. The van der Waals surface area contributed by atoms with E-state index in [1.54, 1.807) is 55.7 Å². The van der Waals surface area contributed by atoms with Gasteiger partial charge in [0, 0.05) is 54.0 Å². The van der Waals surface area contributed by atoms with Crippen molar-refractivity contribution >= 4 is 44.6 Å². The molecule has 6 rings (SSSR count). The summed E-state index contributed by atoms with van der Waals surface area (Å²) in [4.78, 5) is 30.9. The molecule has 11 atom stereocenters. The minimum atomic E-state index is -4.06. The average molecular weight is 778 g/mol. The van der Waals surface area contributed by atoms with Gasteiger partial charge in [0.05, 0.1) is 23.2 Å². The summed E-state index contributed by atoms with van der Waals surface area (Å²) in [5.41, 5.74) is 9.04. The molecule has 0 radical (unpaired) electrons. The number of esters is 2. The maximum atomic E-state index is 13.4. The molecular weight excluding hydrogens is 731 g/mol. The van der Waals surface area contributed by atoms with Crippen molar-refractivity contribution in [3.63, 3.8) is 0 Å². The number of cyclic esters (lactones) is 1. The Bertz CT molecular complexity index is 2060. The first-order valence-electron chi connectivity index (χ1n) is 18.3. The molecule has 2 aromatic rings. The van der Waals surface area contributed by atoms with Crippen LogP contribution in [-0.4, -0.2) is 87.1 Å². The van der Waals surface area contributed by atoms with Crippen LogP contribution in [0.1, 0.15) is 53.4 Å². The average Bonchev–Trinajstić information content (AvgIpc) is 4.07. The van der Waals surface area contributed by atoms with Crippen molar-refractivity contribution in [3.8, 4) is 0 Å². The third kappa shape index (κ3) is 9.12. The zero-order valence-electron chi connectivity index (χ0n) is 31.3. The van der Waals surface area contributed by atoms with Crippen LogP contribution >= 0.6 is 0 Å². The standard InChI is InChI=1S/C39H47N5O10S/c1-22-15-16-34-39(4,54-34)33(45)21-30(53-38(47)37-31(52-37)19-25-18-29(22)51-35(46)20-25)24(3)36(50-5)23(2)10-6-7-17-41-44-55(48,49)32-14-9-11-26-27(32)12-8-13-28(26)42-43-40/h6-17,22,24-25,29-31,33-34,36-37,44-45H,18-21H2,1-5H3/b7-6+,16-15-,23-10+,41-17+. The molecule has 2 bridgehead atoms. The molecule has 55 heavy (non-hydrogen) atoms. The zero-order valence-corrected chi connectivity index (χ0v) is 32.2. The lowest BCUT2D eigenvalue weighted by Crippen LogP contribution is -2.42. The van der Waals surface area contributed by atoms with Crippen molar-refractivity contribution in [3.05, 3.63) is 82.8 Å². The summed E-state index contributed by atoms with van der Waals surface area (Å²) in [6.45, 7) is 7.54. The van der Waals surface area contributed by atoms with E-state index in [-0.39, 0.29) is 53.9 Å². The lowest BCUT2D eigenvalue weighted by Gasteiger charge is -2.33. The van der Waals surface area contributed by atoms with Crippen LogP contribution < -0.4 is 4.83 Å². The predicted molar refractivity (Wildman–Crippen MR) is 202 cm³/mol. The Hall–Kier alpha value is -4.57. The number of hydrogen-bond acceptors (Lipinski definition) is 12. The number of benzene rings is 2. The number of ether oxygens (including phenoxy) is 5. The number of aliphatic hydroxyl groups is 1. The van der Waals surface area contributed by atoms with Crippen molar-refractivity contribution in [1.29, 1.82) is 0 Å². The Kier molecular flexibility index (Phi) is 12.1. The second-order valence-electron chi connectivity index (χ2n) is 14.9. The van der Waals surface area contributed by atoms with Gasteiger partial charge in [0.25, 0.3) is 10.0 Å². The summed E-state index contributed by atoms with van der Waals surface area (Å²) in [6.07, 6.45) is 7.63. The largest absolute Gasteiger partial charge is 0.462 e. The second-order valence-corrected chi connectivity index (χ2v) is 16.5. The summed E-state index contributed by atoms with van der Waals surface area (Å²) in [5.74, 6) is -1.25. The number of aliphatic hydroxyl groups excluding tert-OH is 1. The first-order valence-corrected chi connectivity index (χ1v) is 19.8.